The van der Waals surface area contributed by atoms with E-state index in [4.69, 9.17) is 16.3 Å². The SMILES string of the molecule is O=C(CCSc1ccccc1F)NCCOc1cccc(Cl)c1. The number of halogens is 2. The third-order valence-electron chi connectivity index (χ3n) is 2.91. The van der Waals surface area contributed by atoms with E-state index in [9.17, 15) is 9.18 Å². The lowest BCUT2D eigenvalue weighted by molar-refractivity contribution is -0.120. The lowest BCUT2D eigenvalue weighted by atomic mass is 10.3. The maximum absolute atomic E-state index is 13.4. The summed E-state index contributed by atoms with van der Waals surface area (Å²) in [5.74, 6) is 0.861. The van der Waals surface area contributed by atoms with Crippen molar-refractivity contribution in [3.05, 3.63) is 59.4 Å². The standard InChI is InChI=1S/C17H17ClFNO2S/c18-13-4-3-5-14(12-13)22-10-9-20-17(21)8-11-23-16-7-2-1-6-15(16)19/h1-7,12H,8-11H2,(H,20,21). The predicted molar refractivity (Wildman–Crippen MR) is 91.7 cm³/mol. The first kappa shape index (κ1) is 17.6. The van der Waals surface area contributed by atoms with E-state index in [2.05, 4.69) is 5.32 Å². The number of thioether (sulfide) groups is 1. The van der Waals surface area contributed by atoms with Gasteiger partial charge in [0, 0.05) is 22.1 Å². The third kappa shape index (κ3) is 6.50. The van der Waals surface area contributed by atoms with Crippen LogP contribution in [0.25, 0.3) is 0 Å². The van der Waals surface area contributed by atoms with Gasteiger partial charge in [0.1, 0.15) is 18.2 Å². The number of hydrogen-bond donors (Lipinski definition) is 1. The number of carbonyl (C=O) groups is 1. The van der Waals surface area contributed by atoms with Crippen LogP contribution < -0.4 is 10.1 Å². The second-order valence-corrected chi connectivity index (χ2v) is 6.26. The molecule has 0 fully saturated rings. The molecule has 0 bridgehead atoms. The third-order valence-corrected chi connectivity index (χ3v) is 4.20. The van der Waals surface area contributed by atoms with Crippen LogP contribution in [0.4, 0.5) is 4.39 Å². The maximum atomic E-state index is 13.4. The highest BCUT2D eigenvalue weighted by Gasteiger charge is 2.04. The summed E-state index contributed by atoms with van der Waals surface area (Å²) in [6.07, 6.45) is 0.330. The molecule has 1 N–H and O–H groups in total. The van der Waals surface area contributed by atoms with Crippen molar-refractivity contribution in [2.45, 2.75) is 11.3 Å². The lowest BCUT2D eigenvalue weighted by Gasteiger charge is -2.08. The maximum Gasteiger partial charge on any atom is 0.220 e. The molecule has 23 heavy (non-hydrogen) atoms. The Morgan fingerprint density at radius 2 is 2.04 bits per heavy atom. The molecule has 1 amide bonds. The van der Waals surface area contributed by atoms with E-state index in [0.717, 1.165) is 0 Å². The molecule has 0 aliphatic rings. The van der Waals surface area contributed by atoms with E-state index in [1.54, 1.807) is 42.5 Å². The van der Waals surface area contributed by atoms with Gasteiger partial charge in [-0.3, -0.25) is 4.79 Å². The minimum Gasteiger partial charge on any atom is -0.492 e. The Hall–Kier alpha value is -1.72. The highest BCUT2D eigenvalue weighted by molar-refractivity contribution is 7.99. The summed E-state index contributed by atoms with van der Waals surface area (Å²) in [6.45, 7) is 0.780. The molecular weight excluding hydrogens is 337 g/mol. The summed E-state index contributed by atoms with van der Waals surface area (Å²) in [4.78, 5) is 12.2. The van der Waals surface area contributed by atoms with Crippen molar-refractivity contribution >= 4 is 29.3 Å². The first-order chi connectivity index (χ1) is 11.1. The van der Waals surface area contributed by atoms with Crippen molar-refractivity contribution < 1.29 is 13.9 Å². The second kappa shape index (κ2) is 9.43. The molecule has 0 saturated heterocycles. The van der Waals surface area contributed by atoms with Crippen LogP contribution >= 0.6 is 23.4 Å². The van der Waals surface area contributed by atoms with E-state index in [1.807, 2.05) is 0 Å². The van der Waals surface area contributed by atoms with Crippen LogP contribution in [0.5, 0.6) is 5.75 Å². The van der Waals surface area contributed by atoms with Crippen molar-refractivity contribution in [2.24, 2.45) is 0 Å². The van der Waals surface area contributed by atoms with Gasteiger partial charge in [-0.25, -0.2) is 4.39 Å². The average Bonchev–Trinajstić information content (AvgIpc) is 2.53. The summed E-state index contributed by atoms with van der Waals surface area (Å²) >= 11 is 7.18. The molecule has 0 heterocycles. The largest absolute Gasteiger partial charge is 0.492 e. The van der Waals surface area contributed by atoms with Crippen molar-refractivity contribution in [3.63, 3.8) is 0 Å². The zero-order valence-corrected chi connectivity index (χ0v) is 14.0. The minimum absolute atomic E-state index is 0.0801. The average molecular weight is 354 g/mol. The number of amides is 1. The highest BCUT2D eigenvalue weighted by atomic mass is 35.5. The molecule has 0 atom stereocenters. The molecular formula is C17H17ClFNO2S. The zero-order valence-electron chi connectivity index (χ0n) is 12.4. The Morgan fingerprint density at radius 3 is 2.83 bits per heavy atom. The van der Waals surface area contributed by atoms with Gasteiger partial charge in [-0.2, -0.15) is 0 Å². The fraction of sp³-hybridized carbons (Fsp3) is 0.235. The lowest BCUT2D eigenvalue weighted by Crippen LogP contribution is -2.28. The smallest absolute Gasteiger partial charge is 0.220 e. The summed E-state index contributed by atoms with van der Waals surface area (Å²) in [7, 11) is 0. The molecule has 122 valence electrons. The summed E-state index contributed by atoms with van der Waals surface area (Å²) < 4.78 is 18.9. The summed E-state index contributed by atoms with van der Waals surface area (Å²) in [5.41, 5.74) is 0. The molecule has 0 aliphatic heterocycles. The van der Waals surface area contributed by atoms with Gasteiger partial charge in [-0.1, -0.05) is 29.8 Å². The van der Waals surface area contributed by atoms with Gasteiger partial charge < -0.3 is 10.1 Å². The van der Waals surface area contributed by atoms with Crippen molar-refractivity contribution in [2.75, 3.05) is 18.9 Å². The van der Waals surface area contributed by atoms with Crippen LogP contribution in [0.15, 0.2) is 53.4 Å². The number of rotatable bonds is 8. The molecule has 3 nitrogen and oxygen atoms in total. The normalized spacial score (nSPS) is 10.3. The van der Waals surface area contributed by atoms with Crippen molar-refractivity contribution in [3.8, 4) is 5.75 Å². The molecule has 2 aromatic carbocycles. The number of hydrogen-bond acceptors (Lipinski definition) is 3. The second-order valence-electron chi connectivity index (χ2n) is 4.68. The molecule has 2 rings (SSSR count). The van der Waals surface area contributed by atoms with Crippen LogP contribution in [-0.2, 0) is 4.79 Å². The summed E-state index contributed by atoms with van der Waals surface area (Å²) in [6, 6.07) is 13.6. The Morgan fingerprint density at radius 1 is 1.22 bits per heavy atom. The van der Waals surface area contributed by atoms with E-state index >= 15 is 0 Å². The fourth-order valence-electron chi connectivity index (χ4n) is 1.82. The molecule has 6 heteroatoms. The van der Waals surface area contributed by atoms with Gasteiger partial charge in [0.15, 0.2) is 0 Å². The molecule has 0 saturated carbocycles. The first-order valence-corrected chi connectivity index (χ1v) is 8.54. The molecule has 0 aromatic heterocycles. The Balaban J connectivity index is 1.59. The van der Waals surface area contributed by atoms with Gasteiger partial charge >= 0.3 is 0 Å². The molecule has 0 aliphatic carbocycles. The molecule has 0 radical (unpaired) electrons. The van der Waals surface area contributed by atoms with Crippen LogP contribution in [0, 0.1) is 5.82 Å². The summed E-state index contributed by atoms with van der Waals surface area (Å²) in [5, 5.41) is 3.37. The van der Waals surface area contributed by atoms with Crippen LogP contribution in [-0.4, -0.2) is 24.8 Å². The Bertz CT molecular complexity index is 654. The van der Waals surface area contributed by atoms with Crippen LogP contribution in [0.2, 0.25) is 5.02 Å². The van der Waals surface area contributed by atoms with Crippen LogP contribution in [0.3, 0.4) is 0 Å². The topological polar surface area (TPSA) is 38.3 Å². The fourth-order valence-corrected chi connectivity index (χ4v) is 2.89. The van der Waals surface area contributed by atoms with E-state index in [-0.39, 0.29) is 11.7 Å². The number of nitrogens with one attached hydrogen (secondary N) is 1. The molecule has 0 unspecified atom stereocenters. The van der Waals surface area contributed by atoms with Gasteiger partial charge in [-0.05, 0) is 30.3 Å². The zero-order chi connectivity index (χ0) is 16.5. The van der Waals surface area contributed by atoms with Crippen LogP contribution in [0.1, 0.15) is 6.42 Å². The van der Waals surface area contributed by atoms with Gasteiger partial charge in [0.2, 0.25) is 5.91 Å². The van der Waals surface area contributed by atoms with E-state index in [1.165, 1.54) is 17.8 Å². The first-order valence-electron chi connectivity index (χ1n) is 7.17. The van der Waals surface area contributed by atoms with Gasteiger partial charge in [0.05, 0.1) is 6.54 Å². The van der Waals surface area contributed by atoms with E-state index in [0.29, 0.717) is 41.0 Å². The van der Waals surface area contributed by atoms with Crippen molar-refractivity contribution in [1.82, 2.24) is 5.32 Å². The minimum atomic E-state index is -0.257. The van der Waals surface area contributed by atoms with Gasteiger partial charge in [-0.15, -0.1) is 11.8 Å². The van der Waals surface area contributed by atoms with E-state index < -0.39 is 0 Å². The molecule has 2 aromatic rings. The Labute approximate surface area is 144 Å². The molecule has 0 spiro atoms. The van der Waals surface area contributed by atoms with Gasteiger partial charge in [0.25, 0.3) is 0 Å². The van der Waals surface area contributed by atoms with Crippen molar-refractivity contribution in [1.29, 1.82) is 0 Å². The number of ether oxygens (including phenoxy) is 1. The monoisotopic (exact) mass is 353 g/mol. The highest BCUT2D eigenvalue weighted by Crippen LogP contribution is 2.21. The number of carbonyl (C=O) groups excluding carboxylic acids is 1. The number of benzene rings is 2. The quantitative estimate of drug-likeness (QED) is 0.572. The predicted octanol–water partition coefficient (Wildman–Crippen LogP) is 4.16. The Kier molecular flexibility index (Phi) is 7.23.